The highest BCUT2D eigenvalue weighted by Crippen LogP contribution is 2.33. The van der Waals surface area contributed by atoms with E-state index < -0.39 is 0 Å². The molecular formula is C76H99N7O17. The van der Waals surface area contributed by atoms with Gasteiger partial charge in [0.15, 0.2) is 34.5 Å². The summed E-state index contributed by atoms with van der Waals surface area (Å²) in [5, 5.41) is 18.5. The van der Waals surface area contributed by atoms with Crippen molar-refractivity contribution in [2.45, 2.75) is 59.3 Å². The molecule has 0 radical (unpaired) electrons. The number of hydrogen-bond donors (Lipinski definition) is 0. The summed E-state index contributed by atoms with van der Waals surface area (Å²) >= 11 is 0. The SMILES string of the molecule is CCOc1cc(C2=NN(C(=O)c3ccc(OCCN(C)C)cc3)CCC2)ccc1OC.CCOc1cc(C2=NN(C(=O)c3ccc(OCCOCCOC)cc3)CCC2)ccc1OC.CCOc1cc(C2=NN(C(=O)c3ccc(OCCOCCOCCOC)cc3)CCC2)ccc1OC. The fraction of sp³-hybridized carbons (Fsp3) is 0.447. The van der Waals surface area contributed by atoms with E-state index in [9.17, 15) is 14.4 Å². The molecule has 3 aliphatic rings. The largest absolute Gasteiger partial charge is 0.493 e. The molecule has 6 aromatic rings. The maximum atomic E-state index is 13.1. The molecule has 3 amide bonds. The average molecular weight is 1380 g/mol. The predicted octanol–water partition coefficient (Wildman–Crippen LogP) is 11.2. The van der Waals surface area contributed by atoms with Gasteiger partial charge in [-0.2, -0.15) is 15.3 Å². The standard InChI is InChI=1S/C27H36N2O7.C25H32N2O6.C24H31N3O4/c1-4-35-26-20-22(9-12-25(26)32-3)24-6-5-13-29(28-24)27(30)21-7-10-23(11-8-21)36-19-18-34-17-16-33-15-14-31-2;1-4-32-24-18-20(9-12-23(24)30-3)22-6-5-13-27(26-22)25(28)19-7-10-21(11-8-19)33-17-16-31-15-14-29-2;1-5-30-23-17-19(10-13-22(23)29-4)21-7-6-14-27(25-21)24(28)18-8-11-20(12-9-18)31-16-15-26(2)3/h7-12,20H,4-6,13-19H2,1-3H3;7-12,18H,4-6,13-17H2,1-3H3;8-13,17H,5-7,14-16H2,1-4H3. The highest BCUT2D eigenvalue weighted by Gasteiger charge is 2.25. The molecule has 0 aromatic heterocycles. The van der Waals surface area contributed by atoms with Crippen LogP contribution in [-0.2, 0) is 23.7 Å². The Morgan fingerprint density at radius 3 is 0.930 bits per heavy atom. The van der Waals surface area contributed by atoms with E-state index in [1.165, 1.54) is 10.0 Å². The van der Waals surface area contributed by atoms with Gasteiger partial charge in [0.05, 0.1) is 111 Å². The lowest BCUT2D eigenvalue weighted by molar-refractivity contribution is 0.0180. The molecule has 0 bridgehead atoms. The quantitative estimate of drug-likeness (QED) is 0.0333. The van der Waals surface area contributed by atoms with E-state index in [1.807, 2.05) is 102 Å². The van der Waals surface area contributed by atoms with Crippen molar-refractivity contribution in [2.75, 3.05) is 168 Å². The van der Waals surface area contributed by atoms with Crippen LogP contribution in [0.2, 0.25) is 0 Å². The minimum Gasteiger partial charge on any atom is -0.493 e. The van der Waals surface area contributed by atoms with Crippen LogP contribution in [0.4, 0.5) is 0 Å². The Hall–Kier alpha value is -9.30. The van der Waals surface area contributed by atoms with Gasteiger partial charge in [0.25, 0.3) is 17.7 Å². The number of benzene rings is 6. The summed E-state index contributed by atoms with van der Waals surface area (Å²) in [7, 11) is 12.1. The van der Waals surface area contributed by atoms with Crippen LogP contribution in [0.5, 0.6) is 51.7 Å². The van der Waals surface area contributed by atoms with E-state index in [1.54, 1.807) is 101 Å². The van der Waals surface area contributed by atoms with E-state index in [-0.39, 0.29) is 17.7 Å². The van der Waals surface area contributed by atoms with Crippen LogP contribution in [0.3, 0.4) is 0 Å². The predicted molar refractivity (Wildman–Crippen MR) is 383 cm³/mol. The molecular weight excluding hydrogens is 1280 g/mol. The summed E-state index contributed by atoms with van der Waals surface area (Å²) in [6, 6.07) is 38.6. The van der Waals surface area contributed by atoms with Crippen molar-refractivity contribution in [2.24, 2.45) is 15.3 Å². The molecule has 0 saturated heterocycles. The first-order valence-corrected chi connectivity index (χ1v) is 34.0. The van der Waals surface area contributed by atoms with E-state index in [4.69, 9.17) is 66.3 Å². The zero-order chi connectivity index (χ0) is 71.3. The van der Waals surface area contributed by atoms with Crippen LogP contribution in [0.15, 0.2) is 143 Å². The van der Waals surface area contributed by atoms with E-state index in [0.29, 0.717) is 175 Å². The van der Waals surface area contributed by atoms with Crippen LogP contribution < -0.4 is 42.6 Å². The first-order chi connectivity index (χ1) is 48.8. The molecule has 6 aromatic carbocycles. The number of amides is 3. The number of carbonyl (C=O) groups is 3. The topological polar surface area (TPSA) is 230 Å². The molecule has 0 spiro atoms. The number of likely N-dealkylation sites (N-methyl/N-ethyl adjacent to an activating group) is 1. The third kappa shape index (κ3) is 24.8. The van der Waals surface area contributed by atoms with Crippen LogP contribution in [0.1, 0.15) is 107 Å². The van der Waals surface area contributed by atoms with Gasteiger partial charge in [0.1, 0.15) is 37.1 Å². The van der Waals surface area contributed by atoms with E-state index >= 15 is 0 Å². The van der Waals surface area contributed by atoms with Gasteiger partial charge in [-0.25, -0.2) is 15.0 Å². The summed E-state index contributed by atoms with van der Waals surface area (Å²) in [5.41, 5.74) is 7.06. The van der Waals surface area contributed by atoms with Gasteiger partial charge < -0.3 is 71.2 Å². The number of nitrogens with zero attached hydrogens (tertiary/aromatic N) is 7. The lowest BCUT2D eigenvalue weighted by Gasteiger charge is -2.24. The minimum absolute atomic E-state index is 0.115. The normalized spacial score (nSPS) is 13.5. The van der Waals surface area contributed by atoms with Gasteiger partial charge in [0, 0.05) is 73.8 Å². The van der Waals surface area contributed by atoms with Crippen molar-refractivity contribution in [1.29, 1.82) is 0 Å². The molecule has 0 saturated carbocycles. The molecule has 24 heteroatoms. The molecule has 0 aliphatic carbocycles. The van der Waals surface area contributed by atoms with Crippen LogP contribution in [0, 0.1) is 0 Å². The van der Waals surface area contributed by atoms with E-state index in [2.05, 4.69) is 20.2 Å². The summed E-state index contributed by atoms with van der Waals surface area (Å²) in [4.78, 5) is 41.1. The number of carbonyl (C=O) groups excluding carboxylic acids is 3. The third-order valence-electron chi connectivity index (χ3n) is 15.5. The summed E-state index contributed by atoms with van der Waals surface area (Å²) in [5.74, 6) is 5.76. The molecule has 0 fully saturated rings. The molecule has 0 unspecified atom stereocenters. The van der Waals surface area contributed by atoms with Crippen molar-refractivity contribution < 1.29 is 80.7 Å². The van der Waals surface area contributed by atoms with Crippen molar-refractivity contribution >= 4 is 34.9 Å². The Bertz CT molecular complexity index is 3550. The van der Waals surface area contributed by atoms with Crippen LogP contribution in [-0.4, -0.2) is 223 Å². The van der Waals surface area contributed by atoms with Crippen LogP contribution in [0.25, 0.3) is 0 Å². The van der Waals surface area contributed by atoms with Gasteiger partial charge in [-0.15, -0.1) is 0 Å². The van der Waals surface area contributed by atoms with Crippen molar-refractivity contribution in [3.05, 3.63) is 161 Å². The van der Waals surface area contributed by atoms with Crippen molar-refractivity contribution in [1.82, 2.24) is 19.9 Å². The second-order valence-corrected chi connectivity index (χ2v) is 22.9. The summed E-state index contributed by atoms with van der Waals surface area (Å²) in [6.07, 6.45) is 4.91. The Morgan fingerprint density at radius 2 is 0.650 bits per heavy atom. The van der Waals surface area contributed by atoms with Gasteiger partial charge >= 0.3 is 0 Å². The van der Waals surface area contributed by atoms with Gasteiger partial charge in [-0.3, -0.25) is 14.4 Å². The molecule has 3 aliphatic heterocycles. The van der Waals surface area contributed by atoms with E-state index in [0.717, 1.165) is 84.6 Å². The van der Waals surface area contributed by atoms with Gasteiger partial charge in [0.2, 0.25) is 0 Å². The highest BCUT2D eigenvalue weighted by atomic mass is 16.6. The fourth-order valence-electron chi connectivity index (χ4n) is 10.4. The Balaban J connectivity index is 0.000000211. The second kappa shape index (κ2) is 43.3. The molecule has 0 atom stereocenters. The lowest BCUT2D eigenvalue weighted by Crippen LogP contribution is -2.32. The Morgan fingerprint density at radius 1 is 0.360 bits per heavy atom. The number of hydrazone groups is 3. The second-order valence-electron chi connectivity index (χ2n) is 22.9. The number of ether oxygens (including phenoxy) is 14. The lowest BCUT2D eigenvalue weighted by atomic mass is 10.0. The summed E-state index contributed by atoms with van der Waals surface area (Å²) in [6.45, 7) is 15.6. The fourth-order valence-corrected chi connectivity index (χ4v) is 10.4. The smallest absolute Gasteiger partial charge is 0.273 e. The van der Waals surface area contributed by atoms with Gasteiger partial charge in [-0.05, 0) is 201 Å². The zero-order valence-electron chi connectivity index (χ0n) is 59.7. The van der Waals surface area contributed by atoms with Gasteiger partial charge in [-0.1, -0.05) is 0 Å². The molecule has 24 nitrogen and oxygen atoms in total. The third-order valence-corrected chi connectivity index (χ3v) is 15.5. The molecule has 3 heterocycles. The van der Waals surface area contributed by atoms with Crippen molar-refractivity contribution in [3.63, 3.8) is 0 Å². The number of methoxy groups -OCH3 is 5. The average Bonchev–Trinajstić information content (AvgIpc) is 0.869. The number of rotatable bonds is 36. The highest BCUT2D eigenvalue weighted by molar-refractivity contribution is 6.05. The number of hydrogen-bond acceptors (Lipinski definition) is 21. The molecule has 540 valence electrons. The molecule has 9 rings (SSSR count). The first kappa shape index (κ1) is 78.0. The minimum atomic E-state index is -0.144. The maximum absolute atomic E-state index is 13.1. The maximum Gasteiger partial charge on any atom is 0.273 e. The summed E-state index contributed by atoms with van der Waals surface area (Å²) < 4.78 is 76.2. The monoisotopic (exact) mass is 1380 g/mol. The zero-order valence-corrected chi connectivity index (χ0v) is 59.7. The molecule has 100 heavy (non-hydrogen) atoms. The van der Waals surface area contributed by atoms with Crippen molar-refractivity contribution in [3.8, 4) is 51.7 Å². The first-order valence-electron chi connectivity index (χ1n) is 34.0. The Kier molecular flexibility index (Phi) is 33.8. The Labute approximate surface area is 588 Å². The van der Waals surface area contributed by atoms with Crippen LogP contribution >= 0.6 is 0 Å². The molecule has 0 N–H and O–H groups in total.